The minimum Gasteiger partial charge on any atom is -0.353 e. The molecule has 0 aromatic carbocycles. The van der Waals surface area contributed by atoms with Gasteiger partial charge in [-0.1, -0.05) is 0 Å². The minimum atomic E-state index is 0.384. The maximum absolute atomic E-state index is 8.67. The van der Waals surface area contributed by atoms with Gasteiger partial charge in [0.05, 0.1) is 0 Å². The lowest BCUT2D eigenvalue weighted by atomic mass is 10.3. The molecule has 0 aliphatic carbocycles. The molecule has 0 spiro atoms. The molecule has 0 fully saturated rings. The number of anilines is 1. The van der Waals surface area contributed by atoms with E-state index >= 15 is 0 Å². The van der Waals surface area contributed by atoms with Crippen molar-refractivity contribution in [3.63, 3.8) is 0 Å². The minimum absolute atomic E-state index is 0.384. The van der Waals surface area contributed by atoms with E-state index in [-0.39, 0.29) is 0 Å². The molecule has 0 aliphatic rings. The van der Waals surface area contributed by atoms with E-state index in [4.69, 9.17) is 5.26 Å². The third-order valence-corrected chi connectivity index (χ3v) is 2.40. The Bertz CT molecular complexity index is 369. The SMILES string of the molecule is CC(C)N(C)CCNc1nccc(C#N)n1. The third-order valence-electron chi connectivity index (χ3n) is 2.40. The van der Waals surface area contributed by atoms with E-state index < -0.39 is 0 Å². The topological polar surface area (TPSA) is 64.8 Å². The maximum Gasteiger partial charge on any atom is 0.223 e. The molecule has 0 bridgehead atoms. The predicted molar refractivity (Wildman–Crippen MR) is 63.0 cm³/mol. The average Bonchev–Trinajstić information content (AvgIpc) is 2.29. The lowest BCUT2D eigenvalue weighted by Gasteiger charge is -2.20. The highest BCUT2D eigenvalue weighted by atomic mass is 15.2. The fourth-order valence-electron chi connectivity index (χ4n) is 1.11. The number of nitriles is 1. The summed E-state index contributed by atoms with van der Waals surface area (Å²) in [5.41, 5.74) is 0.384. The Kier molecular flexibility index (Phi) is 4.67. The zero-order valence-corrected chi connectivity index (χ0v) is 9.94. The van der Waals surface area contributed by atoms with Gasteiger partial charge in [0.15, 0.2) is 0 Å². The third kappa shape index (κ3) is 3.83. The van der Waals surface area contributed by atoms with Crippen LogP contribution in [-0.2, 0) is 0 Å². The number of hydrogen-bond acceptors (Lipinski definition) is 5. The van der Waals surface area contributed by atoms with Gasteiger partial charge in [0.1, 0.15) is 11.8 Å². The molecule has 1 rings (SSSR count). The Labute approximate surface area is 96.1 Å². The van der Waals surface area contributed by atoms with E-state index in [1.807, 2.05) is 6.07 Å². The summed E-state index contributed by atoms with van der Waals surface area (Å²) in [4.78, 5) is 10.3. The van der Waals surface area contributed by atoms with E-state index in [9.17, 15) is 0 Å². The van der Waals surface area contributed by atoms with Crippen LogP contribution in [0.1, 0.15) is 19.5 Å². The Morgan fingerprint density at radius 1 is 1.56 bits per heavy atom. The summed E-state index contributed by atoms with van der Waals surface area (Å²) in [6, 6.07) is 4.09. The molecule has 1 N–H and O–H groups in total. The number of rotatable bonds is 5. The highest BCUT2D eigenvalue weighted by Gasteiger charge is 2.03. The zero-order chi connectivity index (χ0) is 12.0. The normalized spacial score (nSPS) is 10.5. The summed E-state index contributed by atoms with van der Waals surface area (Å²) in [6.07, 6.45) is 1.58. The van der Waals surface area contributed by atoms with Gasteiger partial charge in [-0.15, -0.1) is 0 Å². The van der Waals surface area contributed by atoms with Crippen molar-refractivity contribution in [2.24, 2.45) is 0 Å². The molecular formula is C11H17N5. The molecule has 86 valence electrons. The average molecular weight is 219 g/mol. The first-order valence-corrected chi connectivity index (χ1v) is 5.30. The van der Waals surface area contributed by atoms with Crippen molar-refractivity contribution in [2.75, 3.05) is 25.5 Å². The van der Waals surface area contributed by atoms with Crippen LogP contribution in [0.2, 0.25) is 0 Å². The Balaban J connectivity index is 2.40. The highest BCUT2D eigenvalue weighted by molar-refractivity contribution is 5.29. The summed E-state index contributed by atoms with van der Waals surface area (Å²) < 4.78 is 0. The Hall–Kier alpha value is -1.67. The van der Waals surface area contributed by atoms with Gasteiger partial charge in [0.2, 0.25) is 5.95 Å². The van der Waals surface area contributed by atoms with Crippen LogP contribution in [-0.4, -0.2) is 41.0 Å². The first-order valence-electron chi connectivity index (χ1n) is 5.30. The van der Waals surface area contributed by atoms with E-state index in [1.54, 1.807) is 12.3 Å². The van der Waals surface area contributed by atoms with Gasteiger partial charge in [-0.05, 0) is 27.0 Å². The molecule has 5 heteroatoms. The molecule has 0 saturated heterocycles. The maximum atomic E-state index is 8.67. The number of nitrogens with zero attached hydrogens (tertiary/aromatic N) is 4. The van der Waals surface area contributed by atoms with Crippen molar-refractivity contribution in [1.29, 1.82) is 5.26 Å². The molecule has 0 amide bonds. The van der Waals surface area contributed by atoms with Crippen LogP contribution in [0.5, 0.6) is 0 Å². The molecular weight excluding hydrogens is 202 g/mol. The van der Waals surface area contributed by atoms with Gasteiger partial charge in [0, 0.05) is 25.3 Å². The van der Waals surface area contributed by atoms with Crippen LogP contribution in [0.25, 0.3) is 0 Å². The van der Waals surface area contributed by atoms with Crippen LogP contribution in [0, 0.1) is 11.3 Å². The molecule has 5 nitrogen and oxygen atoms in total. The molecule has 1 aromatic heterocycles. The zero-order valence-electron chi connectivity index (χ0n) is 9.94. The van der Waals surface area contributed by atoms with Crippen molar-refractivity contribution < 1.29 is 0 Å². The number of hydrogen-bond donors (Lipinski definition) is 1. The van der Waals surface area contributed by atoms with E-state index in [2.05, 4.69) is 41.1 Å². The van der Waals surface area contributed by atoms with Crippen LogP contribution in [0.4, 0.5) is 5.95 Å². The summed E-state index contributed by atoms with van der Waals surface area (Å²) >= 11 is 0. The van der Waals surface area contributed by atoms with Gasteiger partial charge in [0.25, 0.3) is 0 Å². The van der Waals surface area contributed by atoms with Crippen LogP contribution in [0.15, 0.2) is 12.3 Å². The quantitative estimate of drug-likeness (QED) is 0.803. The van der Waals surface area contributed by atoms with E-state index in [0.717, 1.165) is 13.1 Å². The second-order valence-electron chi connectivity index (χ2n) is 3.88. The van der Waals surface area contributed by atoms with Gasteiger partial charge in [-0.25, -0.2) is 9.97 Å². The standard InChI is InChI=1S/C11H17N5/c1-9(2)16(3)7-6-14-11-13-5-4-10(8-12)15-11/h4-5,9H,6-7H2,1-3H3,(H,13,14,15). The molecule has 0 atom stereocenters. The Morgan fingerprint density at radius 3 is 2.94 bits per heavy atom. The van der Waals surface area contributed by atoms with Crippen molar-refractivity contribution in [1.82, 2.24) is 14.9 Å². The molecule has 0 aliphatic heterocycles. The molecule has 1 aromatic rings. The fraction of sp³-hybridized carbons (Fsp3) is 0.545. The van der Waals surface area contributed by atoms with Crippen molar-refractivity contribution in [2.45, 2.75) is 19.9 Å². The van der Waals surface area contributed by atoms with Crippen molar-refractivity contribution in [3.8, 4) is 6.07 Å². The molecule has 1 heterocycles. The highest BCUT2D eigenvalue weighted by Crippen LogP contribution is 1.99. The van der Waals surface area contributed by atoms with Gasteiger partial charge in [-0.3, -0.25) is 0 Å². The second kappa shape index (κ2) is 6.03. The summed E-state index contributed by atoms with van der Waals surface area (Å²) in [7, 11) is 2.07. The first-order chi connectivity index (χ1) is 7.63. The van der Waals surface area contributed by atoms with Gasteiger partial charge < -0.3 is 10.2 Å². The number of aromatic nitrogens is 2. The van der Waals surface area contributed by atoms with Crippen molar-refractivity contribution >= 4 is 5.95 Å². The van der Waals surface area contributed by atoms with Gasteiger partial charge in [-0.2, -0.15) is 5.26 Å². The predicted octanol–water partition coefficient (Wildman–Crippen LogP) is 1.10. The van der Waals surface area contributed by atoms with E-state index in [0.29, 0.717) is 17.7 Å². The molecule has 16 heavy (non-hydrogen) atoms. The first kappa shape index (κ1) is 12.4. The van der Waals surface area contributed by atoms with Crippen LogP contribution in [0.3, 0.4) is 0 Å². The molecule has 0 radical (unpaired) electrons. The smallest absolute Gasteiger partial charge is 0.223 e. The largest absolute Gasteiger partial charge is 0.353 e. The van der Waals surface area contributed by atoms with Crippen LogP contribution < -0.4 is 5.32 Å². The fourth-order valence-corrected chi connectivity index (χ4v) is 1.11. The second-order valence-corrected chi connectivity index (χ2v) is 3.88. The lowest BCUT2D eigenvalue weighted by molar-refractivity contribution is 0.284. The monoisotopic (exact) mass is 219 g/mol. The summed E-state index contributed by atoms with van der Waals surface area (Å²) in [6.45, 7) is 5.97. The summed E-state index contributed by atoms with van der Waals surface area (Å²) in [5, 5.41) is 11.8. The molecule has 0 unspecified atom stereocenters. The summed E-state index contributed by atoms with van der Waals surface area (Å²) in [5.74, 6) is 0.510. The van der Waals surface area contributed by atoms with Crippen molar-refractivity contribution in [3.05, 3.63) is 18.0 Å². The number of likely N-dealkylation sites (N-methyl/N-ethyl adjacent to an activating group) is 1. The van der Waals surface area contributed by atoms with Crippen LogP contribution >= 0.6 is 0 Å². The number of nitrogens with one attached hydrogen (secondary N) is 1. The lowest BCUT2D eigenvalue weighted by Crippen LogP contribution is -2.31. The Morgan fingerprint density at radius 2 is 2.31 bits per heavy atom. The molecule has 0 saturated carbocycles. The van der Waals surface area contributed by atoms with E-state index in [1.165, 1.54) is 0 Å². The van der Waals surface area contributed by atoms with Gasteiger partial charge >= 0.3 is 0 Å².